The number of nitrogens with zero attached hydrogens (tertiary/aromatic N) is 1. The SMILES string of the molecule is CCNC(c1ncccc1OC)C1(OC)CCC(C)CC1. The van der Waals surface area contributed by atoms with Gasteiger partial charge in [0.2, 0.25) is 0 Å². The van der Waals surface area contributed by atoms with Crippen molar-refractivity contribution in [3.63, 3.8) is 0 Å². The van der Waals surface area contributed by atoms with E-state index in [1.165, 1.54) is 12.8 Å². The zero-order chi connectivity index (χ0) is 15.3. The standard InChI is InChI=1S/C17H28N2O2/c1-5-18-16(15-14(20-3)7-6-12-19-15)17(21-4)10-8-13(2)9-11-17/h6-7,12-13,16,18H,5,8-11H2,1-4H3. The smallest absolute Gasteiger partial charge is 0.142 e. The fourth-order valence-corrected chi connectivity index (χ4v) is 3.39. The van der Waals surface area contributed by atoms with Crippen molar-refractivity contribution in [2.75, 3.05) is 20.8 Å². The number of rotatable bonds is 6. The summed E-state index contributed by atoms with van der Waals surface area (Å²) in [6.45, 7) is 5.32. The predicted octanol–water partition coefficient (Wildman–Crippen LogP) is 3.34. The Hall–Kier alpha value is -1.13. The maximum absolute atomic E-state index is 6.04. The summed E-state index contributed by atoms with van der Waals surface area (Å²) in [6.07, 6.45) is 6.34. The molecule has 1 atom stereocenters. The van der Waals surface area contributed by atoms with Crippen LogP contribution in [-0.4, -0.2) is 31.3 Å². The van der Waals surface area contributed by atoms with Crippen LogP contribution in [0.25, 0.3) is 0 Å². The van der Waals surface area contributed by atoms with E-state index in [9.17, 15) is 0 Å². The van der Waals surface area contributed by atoms with Gasteiger partial charge in [0.05, 0.1) is 18.8 Å². The van der Waals surface area contributed by atoms with Crippen molar-refractivity contribution >= 4 is 0 Å². The highest BCUT2D eigenvalue weighted by molar-refractivity contribution is 5.32. The van der Waals surface area contributed by atoms with Crippen molar-refractivity contribution in [2.24, 2.45) is 5.92 Å². The molecule has 1 saturated carbocycles. The van der Waals surface area contributed by atoms with Gasteiger partial charge < -0.3 is 14.8 Å². The van der Waals surface area contributed by atoms with E-state index in [4.69, 9.17) is 9.47 Å². The number of hydrogen-bond donors (Lipinski definition) is 1. The van der Waals surface area contributed by atoms with Crippen LogP contribution in [0.1, 0.15) is 51.3 Å². The first-order valence-electron chi connectivity index (χ1n) is 7.94. The molecule has 0 bridgehead atoms. The monoisotopic (exact) mass is 292 g/mol. The molecule has 4 heteroatoms. The van der Waals surface area contributed by atoms with Gasteiger partial charge in [-0.2, -0.15) is 0 Å². The first kappa shape index (κ1) is 16.2. The molecule has 21 heavy (non-hydrogen) atoms. The van der Waals surface area contributed by atoms with E-state index >= 15 is 0 Å². The van der Waals surface area contributed by atoms with E-state index in [-0.39, 0.29) is 11.6 Å². The summed E-state index contributed by atoms with van der Waals surface area (Å²) in [7, 11) is 3.53. The summed E-state index contributed by atoms with van der Waals surface area (Å²) in [5, 5.41) is 3.58. The summed E-state index contributed by atoms with van der Waals surface area (Å²) in [5.41, 5.74) is 0.766. The zero-order valence-corrected chi connectivity index (χ0v) is 13.7. The molecule has 1 heterocycles. The van der Waals surface area contributed by atoms with Crippen molar-refractivity contribution in [2.45, 2.75) is 51.2 Å². The number of nitrogens with one attached hydrogen (secondary N) is 1. The Balaban J connectivity index is 2.36. The van der Waals surface area contributed by atoms with Crippen molar-refractivity contribution in [3.05, 3.63) is 24.0 Å². The summed E-state index contributed by atoms with van der Waals surface area (Å²) in [5.74, 6) is 1.61. The Morgan fingerprint density at radius 3 is 2.67 bits per heavy atom. The fourth-order valence-electron chi connectivity index (χ4n) is 3.39. The highest BCUT2D eigenvalue weighted by atomic mass is 16.5. The van der Waals surface area contributed by atoms with Crippen molar-refractivity contribution in [1.82, 2.24) is 10.3 Å². The Kier molecular flexibility index (Phi) is 5.59. The molecule has 1 N–H and O–H groups in total. The number of aromatic nitrogens is 1. The number of ether oxygens (including phenoxy) is 2. The molecule has 0 radical (unpaired) electrons. The van der Waals surface area contributed by atoms with Gasteiger partial charge in [-0.05, 0) is 50.3 Å². The van der Waals surface area contributed by atoms with Crippen LogP contribution < -0.4 is 10.1 Å². The van der Waals surface area contributed by atoms with E-state index in [2.05, 4.69) is 24.1 Å². The highest BCUT2D eigenvalue weighted by Gasteiger charge is 2.43. The highest BCUT2D eigenvalue weighted by Crippen LogP contribution is 2.44. The molecule has 0 aromatic carbocycles. The summed E-state index contributed by atoms with van der Waals surface area (Å²) in [6, 6.07) is 3.95. The van der Waals surface area contributed by atoms with Crippen molar-refractivity contribution < 1.29 is 9.47 Å². The topological polar surface area (TPSA) is 43.4 Å². The summed E-state index contributed by atoms with van der Waals surface area (Å²) >= 11 is 0. The van der Waals surface area contributed by atoms with E-state index < -0.39 is 0 Å². The molecule has 1 aromatic rings. The molecular formula is C17H28N2O2. The van der Waals surface area contributed by atoms with Crippen LogP contribution in [0.15, 0.2) is 18.3 Å². The molecule has 2 rings (SSSR count). The quantitative estimate of drug-likeness (QED) is 0.873. The molecule has 1 fully saturated rings. The van der Waals surface area contributed by atoms with Gasteiger partial charge in [-0.3, -0.25) is 4.98 Å². The molecule has 0 spiro atoms. The predicted molar refractivity (Wildman–Crippen MR) is 84.6 cm³/mol. The minimum atomic E-state index is -0.190. The van der Waals surface area contributed by atoms with Crippen LogP contribution >= 0.6 is 0 Å². The molecule has 0 amide bonds. The van der Waals surface area contributed by atoms with Crippen LogP contribution in [0.5, 0.6) is 5.75 Å². The van der Waals surface area contributed by atoms with Crippen LogP contribution in [0, 0.1) is 5.92 Å². The van der Waals surface area contributed by atoms with E-state index in [0.29, 0.717) is 0 Å². The van der Waals surface area contributed by atoms with E-state index in [1.54, 1.807) is 7.11 Å². The zero-order valence-electron chi connectivity index (χ0n) is 13.7. The molecule has 1 aromatic heterocycles. The van der Waals surface area contributed by atoms with Crippen molar-refractivity contribution in [3.8, 4) is 5.75 Å². The Morgan fingerprint density at radius 2 is 2.10 bits per heavy atom. The van der Waals surface area contributed by atoms with E-state index in [0.717, 1.165) is 36.7 Å². The van der Waals surface area contributed by atoms with Gasteiger partial charge in [-0.1, -0.05) is 13.8 Å². The molecule has 118 valence electrons. The first-order chi connectivity index (χ1) is 10.2. The fraction of sp³-hybridized carbons (Fsp3) is 0.706. The van der Waals surface area contributed by atoms with Crippen LogP contribution in [0.4, 0.5) is 0 Å². The lowest BCUT2D eigenvalue weighted by atomic mass is 9.74. The van der Waals surface area contributed by atoms with Gasteiger partial charge in [0.15, 0.2) is 0 Å². The van der Waals surface area contributed by atoms with Gasteiger partial charge in [0, 0.05) is 13.3 Å². The average Bonchev–Trinajstić information content (AvgIpc) is 2.54. The largest absolute Gasteiger partial charge is 0.495 e. The third-order valence-electron chi connectivity index (χ3n) is 4.75. The Bertz CT molecular complexity index is 442. The minimum Gasteiger partial charge on any atom is -0.495 e. The van der Waals surface area contributed by atoms with Crippen LogP contribution in [0.3, 0.4) is 0 Å². The van der Waals surface area contributed by atoms with Crippen LogP contribution in [0.2, 0.25) is 0 Å². The second kappa shape index (κ2) is 7.23. The molecule has 0 aliphatic heterocycles. The number of methoxy groups -OCH3 is 2. The number of pyridine rings is 1. The molecule has 0 saturated heterocycles. The lowest BCUT2D eigenvalue weighted by Gasteiger charge is -2.44. The maximum Gasteiger partial charge on any atom is 0.142 e. The number of likely N-dealkylation sites (N-methyl/N-ethyl adjacent to an activating group) is 1. The van der Waals surface area contributed by atoms with Gasteiger partial charge in [0.25, 0.3) is 0 Å². The van der Waals surface area contributed by atoms with Gasteiger partial charge in [0.1, 0.15) is 11.4 Å². The maximum atomic E-state index is 6.04. The Morgan fingerprint density at radius 1 is 1.38 bits per heavy atom. The Labute approximate surface area is 128 Å². The number of hydrogen-bond acceptors (Lipinski definition) is 4. The molecule has 1 unspecified atom stereocenters. The first-order valence-corrected chi connectivity index (χ1v) is 7.94. The van der Waals surface area contributed by atoms with Gasteiger partial charge in [-0.15, -0.1) is 0 Å². The molecular weight excluding hydrogens is 264 g/mol. The average molecular weight is 292 g/mol. The normalized spacial score (nSPS) is 27.3. The second-order valence-corrected chi connectivity index (χ2v) is 6.03. The third-order valence-corrected chi connectivity index (χ3v) is 4.75. The molecule has 1 aliphatic carbocycles. The second-order valence-electron chi connectivity index (χ2n) is 6.03. The lowest BCUT2D eigenvalue weighted by Crippen LogP contribution is -2.48. The summed E-state index contributed by atoms with van der Waals surface area (Å²) in [4.78, 5) is 4.59. The third kappa shape index (κ3) is 3.38. The minimum absolute atomic E-state index is 0.0659. The van der Waals surface area contributed by atoms with Gasteiger partial charge >= 0.3 is 0 Å². The lowest BCUT2D eigenvalue weighted by molar-refractivity contribution is -0.0771. The molecule has 1 aliphatic rings. The van der Waals surface area contributed by atoms with Crippen LogP contribution in [-0.2, 0) is 4.74 Å². The van der Waals surface area contributed by atoms with Crippen molar-refractivity contribution in [1.29, 1.82) is 0 Å². The molecule has 4 nitrogen and oxygen atoms in total. The summed E-state index contributed by atoms with van der Waals surface area (Å²) < 4.78 is 11.6. The van der Waals surface area contributed by atoms with E-state index in [1.807, 2.05) is 25.4 Å². The van der Waals surface area contributed by atoms with Gasteiger partial charge in [-0.25, -0.2) is 0 Å².